The van der Waals surface area contributed by atoms with E-state index in [-0.39, 0.29) is 0 Å². The molecule has 0 spiro atoms. The maximum Gasteiger partial charge on any atom is 0.158 e. The van der Waals surface area contributed by atoms with E-state index in [9.17, 15) is 8.78 Å². The van der Waals surface area contributed by atoms with Crippen molar-refractivity contribution < 1.29 is 13.5 Å². The highest BCUT2D eigenvalue weighted by atomic mass is 79.9. The molecule has 1 aliphatic rings. The van der Waals surface area contributed by atoms with Crippen LogP contribution in [0, 0.1) is 17.6 Å². The van der Waals surface area contributed by atoms with Crippen molar-refractivity contribution >= 4 is 26.7 Å². The Balaban J connectivity index is 0.000000269. The van der Waals surface area contributed by atoms with Crippen molar-refractivity contribution in [2.24, 2.45) is 11.7 Å². The molecule has 0 amide bonds. The zero-order chi connectivity index (χ0) is 21.5. The highest BCUT2D eigenvalue weighted by molar-refractivity contribution is 9.10. The van der Waals surface area contributed by atoms with Crippen LogP contribution >= 0.6 is 15.9 Å². The van der Waals surface area contributed by atoms with Crippen molar-refractivity contribution in [3.8, 4) is 5.75 Å². The molecule has 1 fully saturated rings. The molecule has 160 valence electrons. The lowest BCUT2D eigenvalue weighted by Gasteiger charge is -2.32. The number of rotatable bonds is 4. The topological polar surface area (TPSA) is 48.1 Å². The number of hydrogen-bond donors (Lipinski definition) is 1. The number of ether oxygens (including phenoxy) is 1. The molecule has 1 saturated carbocycles. The molecule has 2 N–H and O–H groups in total. The van der Waals surface area contributed by atoms with Crippen LogP contribution in [0.1, 0.15) is 39.0 Å². The minimum absolute atomic E-state index is 0.302. The molecule has 0 aliphatic heterocycles. The summed E-state index contributed by atoms with van der Waals surface area (Å²) in [5.41, 5.74) is 6.18. The fourth-order valence-electron chi connectivity index (χ4n) is 3.76. The fourth-order valence-corrected chi connectivity index (χ4v) is 4.22. The molecule has 1 aliphatic carbocycles. The average molecular weight is 477 g/mol. The lowest BCUT2D eigenvalue weighted by atomic mass is 9.82. The third kappa shape index (κ3) is 5.99. The molecule has 4 rings (SSSR count). The van der Waals surface area contributed by atoms with Gasteiger partial charge in [-0.05, 0) is 89.7 Å². The Morgan fingerprint density at radius 1 is 1.07 bits per heavy atom. The number of halogens is 3. The van der Waals surface area contributed by atoms with E-state index < -0.39 is 11.6 Å². The molecule has 3 nitrogen and oxygen atoms in total. The van der Waals surface area contributed by atoms with Gasteiger partial charge in [0.15, 0.2) is 11.6 Å². The number of aromatic nitrogens is 1. The standard InChI is InChI=1S/C18H23BrN2O.C6H4F2/c1-2-17(20)12-3-5-15(6-4-12)22-18-10-13-7-8-21-11-14(13)9-16(18)19;7-5-3-1-2-4-6(5)8/h7-12,15,17H,2-6,20H2,1H3;1-4H. The van der Waals surface area contributed by atoms with Gasteiger partial charge in [0.1, 0.15) is 5.75 Å². The second-order valence-electron chi connectivity index (χ2n) is 7.65. The molecule has 0 saturated heterocycles. The molecule has 2 aromatic carbocycles. The molecule has 1 unspecified atom stereocenters. The first-order valence-corrected chi connectivity index (χ1v) is 11.1. The van der Waals surface area contributed by atoms with Gasteiger partial charge in [0.05, 0.1) is 10.6 Å². The molecule has 1 atom stereocenters. The maximum atomic E-state index is 11.9. The van der Waals surface area contributed by atoms with E-state index in [1.165, 1.54) is 25.0 Å². The second-order valence-corrected chi connectivity index (χ2v) is 8.50. The average Bonchev–Trinajstić information content (AvgIpc) is 2.77. The van der Waals surface area contributed by atoms with Crippen molar-refractivity contribution in [1.29, 1.82) is 0 Å². The predicted molar refractivity (Wildman–Crippen MR) is 120 cm³/mol. The Morgan fingerprint density at radius 3 is 2.33 bits per heavy atom. The summed E-state index contributed by atoms with van der Waals surface area (Å²) in [6.45, 7) is 2.17. The Labute approximate surface area is 184 Å². The zero-order valence-electron chi connectivity index (χ0n) is 17.0. The molecule has 30 heavy (non-hydrogen) atoms. The third-order valence-corrected chi connectivity index (χ3v) is 6.22. The maximum absolute atomic E-state index is 11.9. The molecule has 0 radical (unpaired) electrons. The lowest BCUT2D eigenvalue weighted by molar-refractivity contribution is 0.122. The summed E-state index contributed by atoms with van der Waals surface area (Å²) in [5, 5.41) is 2.29. The van der Waals surface area contributed by atoms with Gasteiger partial charge in [-0.3, -0.25) is 4.98 Å². The summed E-state index contributed by atoms with van der Waals surface area (Å²) in [4.78, 5) is 4.16. The van der Waals surface area contributed by atoms with Crippen LogP contribution in [0.15, 0.2) is 59.3 Å². The van der Waals surface area contributed by atoms with Gasteiger partial charge in [-0.15, -0.1) is 0 Å². The number of fused-ring (bicyclic) bond motifs is 1. The number of nitrogens with zero attached hydrogens (tertiary/aromatic N) is 1. The summed E-state index contributed by atoms with van der Waals surface area (Å²) in [7, 11) is 0. The zero-order valence-corrected chi connectivity index (χ0v) is 18.6. The minimum Gasteiger partial charge on any atom is -0.489 e. The first-order chi connectivity index (χ1) is 14.5. The number of nitrogens with two attached hydrogens (primary N) is 1. The smallest absolute Gasteiger partial charge is 0.158 e. The summed E-state index contributed by atoms with van der Waals surface area (Å²) >= 11 is 3.62. The van der Waals surface area contributed by atoms with Gasteiger partial charge in [0, 0.05) is 23.8 Å². The Kier molecular flexibility index (Phi) is 8.16. The lowest BCUT2D eigenvalue weighted by Crippen LogP contribution is -2.35. The van der Waals surface area contributed by atoms with Crippen LogP contribution in [0.25, 0.3) is 10.8 Å². The molecular formula is C24H27BrF2N2O. The van der Waals surface area contributed by atoms with Crippen LogP contribution in [0.4, 0.5) is 8.78 Å². The number of pyridine rings is 1. The Bertz CT molecular complexity index is 940. The SMILES string of the molecule is CCC(N)C1CCC(Oc2cc3ccncc3cc2Br)CC1.Fc1ccccc1F. The van der Waals surface area contributed by atoms with Crippen LogP contribution in [-0.2, 0) is 0 Å². The van der Waals surface area contributed by atoms with Gasteiger partial charge >= 0.3 is 0 Å². The number of benzene rings is 2. The van der Waals surface area contributed by atoms with E-state index in [4.69, 9.17) is 10.5 Å². The largest absolute Gasteiger partial charge is 0.489 e. The van der Waals surface area contributed by atoms with Crippen LogP contribution in [0.5, 0.6) is 5.75 Å². The van der Waals surface area contributed by atoms with Crippen molar-refractivity contribution in [3.63, 3.8) is 0 Å². The van der Waals surface area contributed by atoms with E-state index in [0.717, 1.165) is 52.4 Å². The van der Waals surface area contributed by atoms with Gasteiger partial charge in [0.25, 0.3) is 0 Å². The van der Waals surface area contributed by atoms with Crippen LogP contribution in [-0.4, -0.2) is 17.1 Å². The minimum atomic E-state index is -0.799. The van der Waals surface area contributed by atoms with Crippen LogP contribution in [0.2, 0.25) is 0 Å². The van der Waals surface area contributed by atoms with E-state index in [0.29, 0.717) is 18.1 Å². The van der Waals surface area contributed by atoms with Gasteiger partial charge < -0.3 is 10.5 Å². The normalized spacial score (nSPS) is 19.6. The molecule has 0 bridgehead atoms. The molecule has 6 heteroatoms. The van der Waals surface area contributed by atoms with Crippen molar-refractivity contribution in [2.45, 2.75) is 51.2 Å². The van der Waals surface area contributed by atoms with E-state index >= 15 is 0 Å². The Hall–Kier alpha value is -2.05. The van der Waals surface area contributed by atoms with Crippen molar-refractivity contribution in [3.05, 3.63) is 71.0 Å². The highest BCUT2D eigenvalue weighted by Crippen LogP contribution is 2.34. The van der Waals surface area contributed by atoms with Gasteiger partial charge in [0.2, 0.25) is 0 Å². The fraction of sp³-hybridized carbons (Fsp3) is 0.375. The monoisotopic (exact) mass is 476 g/mol. The van der Waals surface area contributed by atoms with E-state index in [1.54, 1.807) is 0 Å². The van der Waals surface area contributed by atoms with Gasteiger partial charge in [-0.1, -0.05) is 19.1 Å². The van der Waals surface area contributed by atoms with E-state index in [1.807, 2.05) is 18.5 Å². The quantitative estimate of drug-likeness (QED) is 0.459. The predicted octanol–water partition coefficient (Wildman–Crippen LogP) is 6.64. The first-order valence-electron chi connectivity index (χ1n) is 10.3. The first kappa shape index (κ1) is 22.6. The van der Waals surface area contributed by atoms with Crippen LogP contribution < -0.4 is 10.5 Å². The van der Waals surface area contributed by atoms with Crippen LogP contribution in [0.3, 0.4) is 0 Å². The van der Waals surface area contributed by atoms with Gasteiger partial charge in [-0.2, -0.15) is 0 Å². The highest BCUT2D eigenvalue weighted by Gasteiger charge is 2.26. The number of hydrogen-bond acceptors (Lipinski definition) is 3. The van der Waals surface area contributed by atoms with Crippen molar-refractivity contribution in [1.82, 2.24) is 4.98 Å². The summed E-state index contributed by atoms with van der Waals surface area (Å²) < 4.78 is 31.1. The summed E-state index contributed by atoms with van der Waals surface area (Å²) in [6, 6.07) is 11.6. The van der Waals surface area contributed by atoms with E-state index in [2.05, 4.69) is 40.0 Å². The third-order valence-electron chi connectivity index (χ3n) is 5.61. The molecule has 3 aromatic rings. The second kappa shape index (κ2) is 10.8. The Morgan fingerprint density at radius 2 is 1.73 bits per heavy atom. The summed E-state index contributed by atoms with van der Waals surface area (Å²) in [5.74, 6) is -0.00194. The molecule has 1 heterocycles. The van der Waals surface area contributed by atoms with Crippen molar-refractivity contribution in [2.75, 3.05) is 0 Å². The van der Waals surface area contributed by atoms with Gasteiger partial charge in [-0.25, -0.2) is 8.78 Å². The summed E-state index contributed by atoms with van der Waals surface area (Å²) in [6.07, 6.45) is 9.61. The molecular weight excluding hydrogens is 450 g/mol. The molecule has 1 aromatic heterocycles.